The number of carbonyl (C=O) groups excluding carboxylic acids is 2. The van der Waals surface area contributed by atoms with Crippen LogP contribution in [0.1, 0.15) is 43.9 Å². The van der Waals surface area contributed by atoms with E-state index in [1.807, 2.05) is 25.1 Å². The van der Waals surface area contributed by atoms with Crippen molar-refractivity contribution in [2.45, 2.75) is 32.7 Å². The first-order valence-electron chi connectivity index (χ1n) is 10.9. The van der Waals surface area contributed by atoms with E-state index in [0.717, 1.165) is 34.6 Å². The van der Waals surface area contributed by atoms with Gasteiger partial charge in [-0.2, -0.15) is 0 Å². The number of ether oxygens (including phenoxy) is 3. The van der Waals surface area contributed by atoms with Crippen LogP contribution in [0.4, 0.5) is 0 Å². The molecule has 9 heteroatoms. The minimum absolute atomic E-state index is 0.291. The molecule has 3 rings (SSSR count). The maximum atomic E-state index is 13.4. The first-order valence-corrected chi connectivity index (χ1v) is 12.9. The topological polar surface area (TPSA) is 65.1 Å². The summed E-state index contributed by atoms with van der Waals surface area (Å²) in [5, 5.41) is 0. The second-order valence-electron chi connectivity index (χ2n) is 7.35. The molecule has 1 aliphatic heterocycles. The van der Waals surface area contributed by atoms with Gasteiger partial charge < -0.3 is 14.2 Å². The third kappa shape index (κ3) is 6.00. The molecule has 1 fully saturated rings. The molecule has 0 radical (unpaired) electrons. The summed E-state index contributed by atoms with van der Waals surface area (Å²) in [6, 6.07) is 11.7. The quantitative estimate of drug-likeness (QED) is 0.149. The molecule has 2 aromatic carbocycles. The largest absolute Gasteiger partial charge is 0.490 e. The first kappa shape index (κ1) is 26.2. The fraction of sp³-hybridized carbons (Fsp3) is 0.320. The lowest BCUT2D eigenvalue weighted by atomic mass is 10.1. The smallest absolute Gasteiger partial charge is 0.333 e. The fourth-order valence-electron chi connectivity index (χ4n) is 3.38. The Morgan fingerprint density at radius 2 is 1.94 bits per heavy atom. The van der Waals surface area contributed by atoms with Crippen LogP contribution in [-0.2, 0) is 14.3 Å². The maximum absolute atomic E-state index is 13.4. The zero-order chi connectivity index (χ0) is 24.7. The summed E-state index contributed by atoms with van der Waals surface area (Å²) in [6.07, 6.45) is 3.70. The van der Waals surface area contributed by atoms with E-state index in [1.165, 1.54) is 12.0 Å². The van der Waals surface area contributed by atoms with Gasteiger partial charge in [-0.05, 0) is 58.6 Å². The van der Waals surface area contributed by atoms with E-state index in [9.17, 15) is 9.59 Å². The summed E-state index contributed by atoms with van der Waals surface area (Å²) in [5.74, 6) is 0.312. The molecule has 0 spiro atoms. The zero-order valence-corrected chi connectivity index (χ0v) is 22.4. The number of hydrogen-bond donors (Lipinski definition) is 0. The monoisotopic (exact) mass is 563 g/mol. The molecule has 2 aromatic rings. The van der Waals surface area contributed by atoms with Gasteiger partial charge in [-0.25, -0.2) is 4.79 Å². The normalized spacial score (nSPS) is 15.5. The van der Waals surface area contributed by atoms with Crippen LogP contribution < -0.4 is 9.47 Å². The molecule has 0 aliphatic carbocycles. The molecule has 1 heterocycles. The Labute approximate surface area is 217 Å². The van der Waals surface area contributed by atoms with E-state index in [-0.39, 0.29) is 5.91 Å². The van der Waals surface area contributed by atoms with Crippen molar-refractivity contribution in [2.24, 2.45) is 0 Å². The number of thioether (sulfide) groups is 1. The Kier molecular flexibility index (Phi) is 9.55. The lowest BCUT2D eigenvalue weighted by Crippen LogP contribution is -2.37. The van der Waals surface area contributed by atoms with Gasteiger partial charge >= 0.3 is 5.97 Å². The van der Waals surface area contributed by atoms with Crippen molar-refractivity contribution in [3.8, 4) is 11.5 Å². The van der Waals surface area contributed by atoms with Gasteiger partial charge in [-0.1, -0.05) is 67.7 Å². The molecule has 0 aromatic heterocycles. The minimum Gasteiger partial charge on any atom is -0.490 e. The molecule has 1 aliphatic rings. The predicted molar refractivity (Wildman–Crippen MR) is 142 cm³/mol. The summed E-state index contributed by atoms with van der Waals surface area (Å²) in [5.41, 5.74) is 1.37. The predicted octanol–water partition coefficient (Wildman–Crippen LogP) is 6.14. The molecule has 180 valence electrons. The van der Waals surface area contributed by atoms with Crippen LogP contribution >= 0.6 is 39.9 Å². The number of methoxy groups -OCH3 is 1. The molecular weight excluding hydrogens is 538 g/mol. The number of carbonyl (C=O) groups is 2. The van der Waals surface area contributed by atoms with Gasteiger partial charge in [0, 0.05) is 0 Å². The Bertz CT molecular complexity index is 1090. The minimum atomic E-state index is -0.954. The van der Waals surface area contributed by atoms with E-state index in [1.54, 1.807) is 30.3 Å². The molecule has 1 amide bonds. The number of benzene rings is 2. The number of thiocarbonyl (C=S) groups is 1. The van der Waals surface area contributed by atoms with E-state index in [4.69, 9.17) is 26.4 Å². The number of amides is 1. The second-order valence-corrected chi connectivity index (χ2v) is 9.88. The summed E-state index contributed by atoms with van der Waals surface area (Å²) >= 11 is 10.2. The third-order valence-electron chi connectivity index (χ3n) is 5.00. The maximum Gasteiger partial charge on any atom is 0.333 e. The summed E-state index contributed by atoms with van der Waals surface area (Å²) in [7, 11) is 1.29. The lowest BCUT2D eigenvalue weighted by molar-refractivity contribution is -0.148. The lowest BCUT2D eigenvalue weighted by Gasteiger charge is -2.24. The highest BCUT2D eigenvalue weighted by Crippen LogP contribution is 2.41. The number of halogens is 1. The standard InChI is InChI=1S/C25H26BrNO5S2/c1-4-6-12-32-22-18(26)13-16(14-19(22)31-5-2)15-20-23(28)27(25(33)34-20)21(24(29)30-3)17-10-8-7-9-11-17/h7-11,13-15,21H,4-6,12H2,1-3H3/b20-15-. The fourth-order valence-corrected chi connectivity index (χ4v) is 5.27. The highest BCUT2D eigenvalue weighted by molar-refractivity contribution is 9.10. The van der Waals surface area contributed by atoms with Crippen LogP contribution in [0.2, 0.25) is 0 Å². The molecule has 0 bridgehead atoms. The van der Waals surface area contributed by atoms with E-state index >= 15 is 0 Å². The van der Waals surface area contributed by atoms with E-state index in [0.29, 0.717) is 39.5 Å². The Morgan fingerprint density at radius 3 is 2.59 bits per heavy atom. The second kappa shape index (κ2) is 12.4. The van der Waals surface area contributed by atoms with Gasteiger partial charge in [0.1, 0.15) is 4.32 Å². The summed E-state index contributed by atoms with van der Waals surface area (Å²) in [4.78, 5) is 27.7. The average molecular weight is 565 g/mol. The van der Waals surface area contributed by atoms with Crippen molar-refractivity contribution < 1.29 is 23.8 Å². The summed E-state index contributed by atoms with van der Waals surface area (Å²) < 4.78 is 17.7. The molecule has 34 heavy (non-hydrogen) atoms. The first-order chi connectivity index (χ1) is 16.4. The molecule has 1 atom stereocenters. The van der Waals surface area contributed by atoms with Crippen LogP contribution in [-0.4, -0.2) is 41.4 Å². The molecule has 1 unspecified atom stereocenters. The van der Waals surface area contributed by atoms with E-state index < -0.39 is 12.0 Å². The molecule has 1 saturated heterocycles. The SMILES string of the molecule is CCCCOc1c(Br)cc(/C=C2\SC(=S)N(C(C(=O)OC)c3ccccc3)C2=O)cc1OCC. The van der Waals surface area contributed by atoms with Crippen molar-refractivity contribution in [3.05, 3.63) is 63.0 Å². The van der Waals surface area contributed by atoms with Gasteiger partial charge in [0.2, 0.25) is 0 Å². The average Bonchev–Trinajstić information content (AvgIpc) is 3.09. The summed E-state index contributed by atoms with van der Waals surface area (Å²) in [6.45, 7) is 5.06. The number of hydrogen-bond acceptors (Lipinski definition) is 7. The van der Waals surface area contributed by atoms with Crippen LogP contribution in [0.3, 0.4) is 0 Å². The zero-order valence-electron chi connectivity index (χ0n) is 19.2. The number of esters is 1. The van der Waals surface area contributed by atoms with Gasteiger partial charge in [0.15, 0.2) is 17.5 Å². The molecule has 0 saturated carbocycles. The molecular formula is C25H26BrNO5S2. The highest BCUT2D eigenvalue weighted by atomic mass is 79.9. The van der Waals surface area contributed by atoms with Crippen molar-refractivity contribution in [3.63, 3.8) is 0 Å². The Hall–Kier alpha value is -2.36. The highest BCUT2D eigenvalue weighted by Gasteiger charge is 2.41. The number of unbranched alkanes of at least 4 members (excludes halogenated alkanes) is 1. The Morgan fingerprint density at radius 1 is 1.21 bits per heavy atom. The Balaban J connectivity index is 1.94. The van der Waals surface area contributed by atoms with Crippen LogP contribution in [0.15, 0.2) is 51.8 Å². The van der Waals surface area contributed by atoms with Crippen LogP contribution in [0, 0.1) is 0 Å². The van der Waals surface area contributed by atoms with Gasteiger partial charge in [-0.3, -0.25) is 9.69 Å². The molecule has 6 nitrogen and oxygen atoms in total. The van der Waals surface area contributed by atoms with Gasteiger partial charge in [0.25, 0.3) is 5.91 Å². The van der Waals surface area contributed by atoms with Crippen LogP contribution in [0.5, 0.6) is 11.5 Å². The van der Waals surface area contributed by atoms with Crippen molar-refractivity contribution >= 4 is 62.2 Å². The van der Waals surface area contributed by atoms with Crippen molar-refractivity contribution in [1.82, 2.24) is 4.90 Å². The van der Waals surface area contributed by atoms with Crippen molar-refractivity contribution in [1.29, 1.82) is 0 Å². The van der Waals surface area contributed by atoms with E-state index in [2.05, 4.69) is 22.9 Å². The number of rotatable bonds is 10. The van der Waals surface area contributed by atoms with Crippen molar-refractivity contribution in [2.75, 3.05) is 20.3 Å². The van der Waals surface area contributed by atoms with Crippen LogP contribution in [0.25, 0.3) is 6.08 Å². The number of nitrogens with zero attached hydrogens (tertiary/aromatic N) is 1. The third-order valence-corrected chi connectivity index (χ3v) is 6.91. The van der Waals surface area contributed by atoms with Gasteiger partial charge in [-0.15, -0.1) is 0 Å². The molecule has 0 N–H and O–H groups in total. The van der Waals surface area contributed by atoms with Gasteiger partial charge in [0.05, 0.1) is 29.7 Å².